The predicted octanol–water partition coefficient (Wildman–Crippen LogP) is 3.73. The largest absolute Gasteiger partial charge is 0.416 e. The first-order valence-corrected chi connectivity index (χ1v) is 6.67. The molecule has 92 valence electrons. The van der Waals surface area contributed by atoms with Crippen molar-refractivity contribution in [1.29, 1.82) is 0 Å². The molecule has 1 amide bonds. The van der Waals surface area contributed by atoms with Gasteiger partial charge < -0.3 is 4.74 Å². The molecule has 0 heterocycles. The molecular weight excluding hydrogens is 234 g/mol. The van der Waals surface area contributed by atoms with Crippen LogP contribution in [0.3, 0.4) is 0 Å². The Bertz CT molecular complexity index is 416. The highest BCUT2D eigenvalue weighted by molar-refractivity contribution is 7.98. The average molecular weight is 251 g/mol. The van der Waals surface area contributed by atoms with Gasteiger partial charge in [0.05, 0.1) is 0 Å². The summed E-state index contributed by atoms with van der Waals surface area (Å²) in [6.07, 6.45) is 5.87. The van der Waals surface area contributed by atoms with Crippen LogP contribution in [0, 0.1) is 6.92 Å². The van der Waals surface area contributed by atoms with Gasteiger partial charge in [0.2, 0.25) is 0 Å². The van der Waals surface area contributed by atoms with E-state index in [1.165, 1.54) is 4.90 Å². The Morgan fingerprint density at radius 3 is 2.88 bits per heavy atom. The van der Waals surface area contributed by atoms with Crippen molar-refractivity contribution in [1.82, 2.24) is 5.32 Å². The number of rotatable bonds is 4. The molecule has 0 aliphatic carbocycles. The van der Waals surface area contributed by atoms with Gasteiger partial charge in [0.1, 0.15) is 5.75 Å². The molecular formula is C13H17NO2S. The molecule has 0 saturated carbocycles. The Morgan fingerprint density at radius 2 is 2.29 bits per heavy atom. The number of aryl methyl sites for hydroxylation is 1. The summed E-state index contributed by atoms with van der Waals surface area (Å²) in [5, 5.41) is 2.53. The molecule has 0 unspecified atom stereocenters. The predicted molar refractivity (Wildman–Crippen MR) is 71.6 cm³/mol. The lowest BCUT2D eigenvalue weighted by Gasteiger charge is -2.07. The zero-order chi connectivity index (χ0) is 12.7. The topological polar surface area (TPSA) is 38.3 Å². The third kappa shape index (κ3) is 4.53. The average Bonchev–Trinajstić information content (AvgIpc) is 2.29. The van der Waals surface area contributed by atoms with Gasteiger partial charge in [0, 0.05) is 11.1 Å². The van der Waals surface area contributed by atoms with Crippen molar-refractivity contribution >= 4 is 17.9 Å². The molecule has 0 atom stereocenters. The molecule has 17 heavy (non-hydrogen) atoms. The highest BCUT2D eigenvalue weighted by Gasteiger charge is 2.04. The van der Waals surface area contributed by atoms with E-state index in [2.05, 4.69) is 5.32 Å². The third-order valence-corrected chi connectivity index (χ3v) is 3.03. The van der Waals surface area contributed by atoms with Gasteiger partial charge in [-0.2, -0.15) is 0 Å². The van der Waals surface area contributed by atoms with E-state index in [9.17, 15) is 4.79 Å². The number of hydrogen-bond acceptors (Lipinski definition) is 3. The maximum atomic E-state index is 11.4. The van der Waals surface area contributed by atoms with E-state index in [-0.39, 0.29) is 0 Å². The molecule has 1 aromatic rings. The monoisotopic (exact) mass is 251 g/mol. The second kappa shape index (κ2) is 7.01. The fourth-order valence-corrected chi connectivity index (χ4v) is 1.88. The maximum Gasteiger partial charge on any atom is 0.416 e. The minimum absolute atomic E-state index is 0.467. The number of thioether (sulfide) groups is 1. The van der Waals surface area contributed by atoms with Crippen molar-refractivity contribution < 1.29 is 9.53 Å². The Labute approximate surface area is 106 Å². The van der Waals surface area contributed by atoms with Crippen molar-refractivity contribution in [2.45, 2.75) is 25.2 Å². The molecule has 0 radical (unpaired) electrons. The summed E-state index contributed by atoms with van der Waals surface area (Å²) in [7, 11) is 0. The number of amides is 1. The molecule has 1 aromatic carbocycles. The zero-order valence-electron chi connectivity index (χ0n) is 10.3. The van der Waals surface area contributed by atoms with E-state index < -0.39 is 6.09 Å². The lowest BCUT2D eigenvalue weighted by molar-refractivity contribution is 0.204. The van der Waals surface area contributed by atoms with Crippen LogP contribution in [0.15, 0.2) is 35.4 Å². The lowest BCUT2D eigenvalue weighted by atomic mass is 10.2. The van der Waals surface area contributed by atoms with Crippen molar-refractivity contribution in [2.75, 3.05) is 6.26 Å². The highest BCUT2D eigenvalue weighted by atomic mass is 32.2. The third-order valence-electron chi connectivity index (χ3n) is 2.13. The molecule has 0 aliphatic heterocycles. The summed E-state index contributed by atoms with van der Waals surface area (Å²) >= 11 is 1.67. The normalized spacial score (nSPS) is 10.5. The summed E-state index contributed by atoms with van der Waals surface area (Å²) in [4.78, 5) is 12.5. The maximum absolute atomic E-state index is 11.4. The molecule has 0 bridgehead atoms. The summed E-state index contributed by atoms with van der Waals surface area (Å²) in [6.45, 7) is 3.99. The minimum Gasteiger partial charge on any atom is -0.410 e. The van der Waals surface area contributed by atoms with Crippen molar-refractivity contribution in [3.8, 4) is 5.75 Å². The summed E-state index contributed by atoms with van der Waals surface area (Å²) in [5.74, 6) is 0.558. The number of ether oxygens (including phenoxy) is 1. The van der Waals surface area contributed by atoms with Crippen molar-refractivity contribution in [3.05, 3.63) is 36.0 Å². The molecule has 1 N–H and O–H groups in total. The van der Waals surface area contributed by atoms with E-state index in [0.717, 1.165) is 12.0 Å². The van der Waals surface area contributed by atoms with E-state index >= 15 is 0 Å². The second-order valence-electron chi connectivity index (χ2n) is 3.48. The van der Waals surface area contributed by atoms with Gasteiger partial charge in [-0.1, -0.05) is 13.0 Å². The lowest BCUT2D eigenvalue weighted by Crippen LogP contribution is -2.21. The van der Waals surface area contributed by atoms with E-state index in [4.69, 9.17) is 4.74 Å². The van der Waals surface area contributed by atoms with E-state index in [1.807, 2.05) is 38.3 Å². The number of benzene rings is 1. The number of carbonyl (C=O) groups excluding carboxylic acids is 1. The summed E-state index contributed by atoms with van der Waals surface area (Å²) in [6, 6.07) is 5.60. The number of hydrogen-bond donors (Lipinski definition) is 1. The van der Waals surface area contributed by atoms with E-state index in [0.29, 0.717) is 5.75 Å². The number of carbonyl (C=O) groups is 1. The van der Waals surface area contributed by atoms with Crippen LogP contribution in [0.4, 0.5) is 4.79 Å². The van der Waals surface area contributed by atoms with Gasteiger partial charge in [0.15, 0.2) is 0 Å². The molecule has 4 heteroatoms. The summed E-state index contributed by atoms with van der Waals surface area (Å²) < 4.78 is 5.13. The van der Waals surface area contributed by atoms with Crippen LogP contribution in [0.1, 0.15) is 18.9 Å². The fraction of sp³-hybridized carbons (Fsp3) is 0.308. The number of nitrogens with one attached hydrogen (secondary N) is 1. The molecule has 3 nitrogen and oxygen atoms in total. The Kier molecular flexibility index (Phi) is 5.63. The number of allylic oxidation sites excluding steroid dienone is 1. The van der Waals surface area contributed by atoms with Crippen LogP contribution in [0.5, 0.6) is 5.75 Å². The zero-order valence-corrected chi connectivity index (χ0v) is 11.1. The SMILES string of the molecule is CCC=CNC(=O)Oc1ccc(SC)c(C)c1. The van der Waals surface area contributed by atoms with Gasteiger partial charge in [-0.15, -0.1) is 11.8 Å². The molecule has 0 aliphatic rings. The molecule has 0 saturated heterocycles. The fourth-order valence-electron chi connectivity index (χ4n) is 1.30. The van der Waals surface area contributed by atoms with E-state index in [1.54, 1.807) is 24.0 Å². The molecule has 0 fully saturated rings. The van der Waals surface area contributed by atoms with Crippen LogP contribution < -0.4 is 10.1 Å². The van der Waals surface area contributed by atoms with Crippen LogP contribution in [-0.4, -0.2) is 12.3 Å². The minimum atomic E-state index is -0.467. The van der Waals surface area contributed by atoms with Gasteiger partial charge in [0.25, 0.3) is 0 Å². The van der Waals surface area contributed by atoms with Crippen LogP contribution in [-0.2, 0) is 0 Å². The molecule has 0 aromatic heterocycles. The standard InChI is InChI=1S/C13H17NO2S/c1-4-5-8-14-13(15)16-11-6-7-12(17-3)10(2)9-11/h5-9H,4H2,1-3H3,(H,14,15). The van der Waals surface area contributed by atoms with Crippen molar-refractivity contribution in [2.24, 2.45) is 0 Å². The molecule has 1 rings (SSSR count). The Morgan fingerprint density at radius 1 is 1.53 bits per heavy atom. The smallest absolute Gasteiger partial charge is 0.410 e. The van der Waals surface area contributed by atoms with Crippen LogP contribution in [0.2, 0.25) is 0 Å². The first-order chi connectivity index (χ1) is 8.17. The Hall–Kier alpha value is -1.42. The first kappa shape index (κ1) is 13.6. The van der Waals surface area contributed by atoms with Gasteiger partial charge in [-0.3, -0.25) is 5.32 Å². The van der Waals surface area contributed by atoms with Crippen molar-refractivity contribution in [3.63, 3.8) is 0 Å². The first-order valence-electron chi connectivity index (χ1n) is 5.45. The van der Waals surface area contributed by atoms with Crippen LogP contribution >= 0.6 is 11.8 Å². The summed E-state index contributed by atoms with van der Waals surface area (Å²) in [5.41, 5.74) is 1.10. The molecule has 0 spiro atoms. The quantitative estimate of drug-likeness (QED) is 0.829. The van der Waals surface area contributed by atoms with Gasteiger partial charge in [-0.25, -0.2) is 4.79 Å². The van der Waals surface area contributed by atoms with Crippen LogP contribution in [0.25, 0.3) is 0 Å². The second-order valence-corrected chi connectivity index (χ2v) is 4.32. The Balaban J connectivity index is 2.60. The van der Waals surface area contributed by atoms with Gasteiger partial charge >= 0.3 is 6.09 Å². The highest BCUT2D eigenvalue weighted by Crippen LogP contribution is 2.24. The van der Waals surface area contributed by atoms with Gasteiger partial charge in [-0.05, 0) is 43.4 Å².